The van der Waals surface area contributed by atoms with Crippen molar-refractivity contribution < 1.29 is 8.78 Å². The predicted molar refractivity (Wildman–Crippen MR) is 60.4 cm³/mol. The molecule has 1 atom stereocenters. The lowest BCUT2D eigenvalue weighted by Gasteiger charge is -2.05. The summed E-state index contributed by atoms with van der Waals surface area (Å²) in [5.41, 5.74) is 1.08. The van der Waals surface area contributed by atoms with E-state index in [9.17, 15) is 8.78 Å². The Morgan fingerprint density at radius 2 is 2.14 bits per heavy atom. The fraction of sp³-hybridized carbons (Fsp3) is 0.400. The molecule has 0 N–H and O–H groups in total. The number of alkyl halides is 3. The van der Waals surface area contributed by atoms with Crippen molar-refractivity contribution in [2.75, 3.05) is 0 Å². The zero-order valence-corrected chi connectivity index (χ0v) is 10.1. The lowest BCUT2D eigenvalue weighted by Crippen LogP contribution is -1.96. The van der Waals surface area contributed by atoms with Gasteiger partial charge in [-0.05, 0) is 24.1 Å². The molecule has 0 spiro atoms. The van der Waals surface area contributed by atoms with Crippen LogP contribution in [0.3, 0.4) is 0 Å². The second-order valence-electron chi connectivity index (χ2n) is 3.01. The molecule has 0 bridgehead atoms. The molecule has 1 rings (SSSR count). The van der Waals surface area contributed by atoms with Crippen LogP contribution in [0, 0.1) is 0 Å². The maximum Gasteiger partial charge on any atom is 0.288 e. The van der Waals surface area contributed by atoms with Gasteiger partial charge in [0.25, 0.3) is 5.76 Å². The van der Waals surface area contributed by atoms with Gasteiger partial charge in [-0.3, -0.25) is 0 Å². The van der Waals surface area contributed by atoms with E-state index in [1.54, 1.807) is 6.07 Å². The van der Waals surface area contributed by atoms with Crippen molar-refractivity contribution in [1.29, 1.82) is 0 Å². The first-order valence-corrected chi connectivity index (χ1v) is 6.05. The molecule has 78 valence electrons. The van der Waals surface area contributed by atoms with E-state index < -0.39 is 5.76 Å². The molecule has 0 saturated heterocycles. The molecule has 1 aromatic rings. The van der Waals surface area contributed by atoms with Gasteiger partial charge in [-0.2, -0.15) is 8.78 Å². The summed E-state index contributed by atoms with van der Waals surface area (Å²) < 4.78 is 24.1. The molecule has 0 radical (unpaired) electrons. The first-order valence-electron chi connectivity index (χ1n) is 4.25. The van der Waals surface area contributed by atoms with Crippen LogP contribution in [0.25, 0.3) is 0 Å². The summed E-state index contributed by atoms with van der Waals surface area (Å²) in [7, 11) is 0. The number of hydrogen-bond acceptors (Lipinski definition) is 1. The first-order chi connectivity index (χ1) is 6.58. The van der Waals surface area contributed by atoms with Crippen LogP contribution >= 0.6 is 27.7 Å². The maximum absolute atomic E-state index is 12.1. The van der Waals surface area contributed by atoms with Crippen molar-refractivity contribution in [2.45, 2.75) is 28.8 Å². The standard InChI is InChI=1S/C10H11BrF2S/c1-7(11)5-8-3-2-4-9(6-8)14-10(12)13/h2-4,6-7,10H,5H2,1H3. The number of rotatable bonds is 4. The van der Waals surface area contributed by atoms with Gasteiger partial charge in [0, 0.05) is 9.72 Å². The Kier molecular flexibility index (Phi) is 4.89. The first kappa shape index (κ1) is 12.0. The van der Waals surface area contributed by atoms with Gasteiger partial charge in [0.2, 0.25) is 0 Å². The van der Waals surface area contributed by atoms with Gasteiger partial charge in [-0.1, -0.05) is 46.7 Å². The zero-order valence-electron chi connectivity index (χ0n) is 7.71. The smallest absolute Gasteiger partial charge is 0.198 e. The summed E-state index contributed by atoms with van der Waals surface area (Å²) in [4.78, 5) is 1.000. The van der Waals surface area contributed by atoms with Crippen LogP contribution in [0.5, 0.6) is 0 Å². The Morgan fingerprint density at radius 1 is 1.43 bits per heavy atom. The van der Waals surface area contributed by atoms with E-state index in [0.29, 0.717) is 21.5 Å². The van der Waals surface area contributed by atoms with Gasteiger partial charge in [0.15, 0.2) is 0 Å². The second kappa shape index (κ2) is 5.71. The highest BCUT2D eigenvalue weighted by Gasteiger charge is 2.06. The van der Waals surface area contributed by atoms with E-state index in [-0.39, 0.29) is 0 Å². The van der Waals surface area contributed by atoms with E-state index >= 15 is 0 Å². The fourth-order valence-electron chi connectivity index (χ4n) is 1.17. The van der Waals surface area contributed by atoms with Crippen molar-refractivity contribution in [2.24, 2.45) is 0 Å². The monoisotopic (exact) mass is 280 g/mol. The summed E-state index contributed by atoms with van der Waals surface area (Å²) in [6.07, 6.45) is 0.859. The summed E-state index contributed by atoms with van der Waals surface area (Å²) >= 11 is 4.02. The van der Waals surface area contributed by atoms with Crippen molar-refractivity contribution in [3.8, 4) is 0 Å². The SMILES string of the molecule is CC(Br)Cc1cccc(SC(F)F)c1. The molecule has 0 aliphatic carbocycles. The van der Waals surface area contributed by atoms with Gasteiger partial charge in [0.05, 0.1) is 0 Å². The van der Waals surface area contributed by atoms with Crippen molar-refractivity contribution in [3.63, 3.8) is 0 Å². The largest absolute Gasteiger partial charge is 0.288 e. The van der Waals surface area contributed by atoms with Crippen LogP contribution in [0.4, 0.5) is 8.78 Å². The molecule has 1 unspecified atom stereocenters. The number of hydrogen-bond donors (Lipinski definition) is 0. The molecule has 4 heteroatoms. The van der Waals surface area contributed by atoms with Gasteiger partial charge < -0.3 is 0 Å². The van der Waals surface area contributed by atoms with E-state index in [1.807, 2.05) is 25.1 Å². The number of halogens is 3. The van der Waals surface area contributed by atoms with Crippen LogP contribution in [-0.4, -0.2) is 10.6 Å². The second-order valence-corrected chi connectivity index (χ2v) is 5.64. The molecule has 1 aromatic carbocycles. The Morgan fingerprint density at radius 3 is 2.71 bits per heavy atom. The summed E-state index contributed by atoms with van der Waals surface area (Å²) in [6, 6.07) is 7.29. The Hall–Kier alpha value is -0.0900. The summed E-state index contributed by atoms with van der Waals surface area (Å²) in [5, 5.41) is 0. The summed E-state index contributed by atoms with van der Waals surface area (Å²) in [6.45, 7) is 2.03. The molecule has 0 heterocycles. The van der Waals surface area contributed by atoms with Crippen LogP contribution < -0.4 is 0 Å². The molecule has 14 heavy (non-hydrogen) atoms. The fourth-order valence-corrected chi connectivity index (χ4v) is 2.13. The molecule has 0 aromatic heterocycles. The van der Waals surface area contributed by atoms with Crippen LogP contribution in [0.15, 0.2) is 29.2 Å². The third-order valence-corrected chi connectivity index (χ3v) is 2.67. The average Bonchev–Trinajstić information content (AvgIpc) is 2.01. The topological polar surface area (TPSA) is 0 Å². The predicted octanol–water partition coefficient (Wildman–Crippen LogP) is 4.33. The van der Waals surface area contributed by atoms with E-state index in [4.69, 9.17) is 0 Å². The zero-order chi connectivity index (χ0) is 10.6. The molecule has 0 amide bonds. The van der Waals surface area contributed by atoms with E-state index in [2.05, 4.69) is 15.9 Å². The Labute approximate surface area is 95.2 Å². The lowest BCUT2D eigenvalue weighted by molar-refractivity contribution is 0.252. The van der Waals surface area contributed by atoms with Crippen LogP contribution in [0.1, 0.15) is 12.5 Å². The third-order valence-electron chi connectivity index (χ3n) is 1.64. The van der Waals surface area contributed by atoms with E-state index in [0.717, 1.165) is 12.0 Å². The quantitative estimate of drug-likeness (QED) is 0.585. The average molecular weight is 281 g/mol. The van der Waals surface area contributed by atoms with Gasteiger partial charge in [-0.25, -0.2) is 0 Å². The highest BCUT2D eigenvalue weighted by molar-refractivity contribution is 9.09. The normalized spacial score (nSPS) is 13.2. The minimum absolute atomic E-state index is 0.370. The minimum Gasteiger partial charge on any atom is -0.198 e. The van der Waals surface area contributed by atoms with Gasteiger partial charge >= 0.3 is 0 Å². The highest BCUT2D eigenvalue weighted by atomic mass is 79.9. The molecular formula is C10H11BrF2S. The minimum atomic E-state index is -2.34. The van der Waals surface area contributed by atoms with Gasteiger partial charge in [0.1, 0.15) is 0 Å². The molecule has 0 saturated carbocycles. The maximum atomic E-state index is 12.1. The van der Waals surface area contributed by atoms with Crippen molar-refractivity contribution in [1.82, 2.24) is 0 Å². The number of thioether (sulfide) groups is 1. The Balaban J connectivity index is 2.68. The molecule has 0 fully saturated rings. The highest BCUT2D eigenvalue weighted by Crippen LogP contribution is 2.26. The summed E-state index contributed by atoms with van der Waals surface area (Å²) in [5.74, 6) is -2.34. The third kappa shape index (κ3) is 4.42. The molecule has 0 nitrogen and oxygen atoms in total. The van der Waals surface area contributed by atoms with Crippen molar-refractivity contribution >= 4 is 27.7 Å². The van der Waals surface area contributed by atoms with Gasteiger partial charge in [-0.15, -0.1) is 0 Å². The Bertz CT molecular complexity index is 264. The number of benzene rings is 1. The lowest BCUT2D eigenvalue weighted by atomic mass is 10.1. The van der Waals surface area contributed by atoms with Crippen LogP contribution in [-0.2, 0) is 6.42 Å². The molecule has 0 aliphatic rings. The molecular weight excluding hydrogens is 270 g/mol. The van der Waals surface area contributed by atoms with E-state index in [1.165, 1.54) is 0 Å². The molecule has 0 aliphatic heterocycles. The van der Waals surface area contributed by atoms with Crippen molar-refractivity contribution in [3.05, 3.63) is 29.8 Å². The van der Waals surface area contributed by atoms with Crippen LogP contribution in [0.2, 0.25) is 0 Å².